The van der Waals surface area contributed by atoms with Gasteiger partial charge in [0.1, 0.15) is 0 Å². The fourth-order valence-corrected chi connectivity index (χ4v) is 2.58. The summed E-state index contributed by atoms with van der Waals surface area (Å²) in [7, 11) is 0. The molecule has 0 aliphatic heterocycles. The van der Waals surface area contributed by atoms with E-state index in [1.54, 1.807) is 11.8 Å². The maximum Gasteiger partial charge on any atom is 0.159 e. The third-order valence-electron chi connectivity index (χ3n) is 2.88. The van der Waals surface area contributed by atoms with Crippen LogP contribution >= 0.6 is 11.8 Å². The first-order chi connectivity index (χ1) is 9.15. The lowest BCUT2D eigenvalue weighted by Gasteiger charge is -2.05. The van der Waals surface area contributed by atoms with Gasteiger partial charge in [-0.25, -0.2) is 4.99 Å². The molecular weight excluding hydrogens is 252 g/mol. The van der Waals surface area contributed by atoms with Crippen molar-refractivity contribution >= 4 is 22.6 Å². The van der Waals surface area contributed by atoms with Crippen molar-refractivity contribution < 1.29 is 0 Å². The van der Waals surface area contributed by atoms with Gasteiger partial charge in [-0.2, -0.15) is 0 Å². The van der Waals surface area contributed by atoms with E-state index in [9.17, 15) is 0 Å². The molecule has 0 aromatic heterocycles. The summed E-state index contributed by atoms with van der Waals surface area (Å²) in [6.07, 6.45) is 0. The van der Waals surface area contributed by atoms with Crippen LogP contribution in [-0.2, 0) is 5.75 Å². The topological polar surface area (TPSA) is 38.4 Å². The van der Waals surface area contributed by atoms with Gasteiger partial charge in [0.25, 0.3) is 0 Å². The van der Waals surface area contributed by atoms with Crippen molar-refractivity contribution in [2.24, 2.45) is 10.7 Å². The predicted octanol–water partition coefficient (Wildman–Crippen LogP) is 4.18. The molecule has 0 spiro atoms. The summed E-state index contributed by atoms with van der Waals surface area (Å²) in [6.45, 7) is 4.17. The van der Waals surface area contributed by atoms with Crippen LogP contribution in [0.3, 0.4) is 0 Å². The van der Waals surface area contributed by atoms with Gasteiger partial charge in [0.05, 0.1) is 5.69 Å². The van der Waals surface area contributed by atoms with E-state index in [2.05, 4.69) is 43.1 Å². The van der Waals surface area contributed by atoms with Crippen LogP contribution in [0.15, 0.2) is 53.5 Å². The number of hydrogen-bond acceptors (Lipinski definition) is 2. The molecule has 2 rings (SSSR count). The van der Waals surface area contributed by atoms with E-state index in [0.717, 1.165) is 11.4 Å². The molecule has 0 bridgehead atoms. The Morgan fingerprint density at radius 3 is 2.63 bits per heavy atom. The Bertz CT molecular complexity index is 591. The summed E-state index contributed by atoms with van der Waals surface area (Å²) in [4.78, 5) is 4.42. The zero-order chi connectivity index (χ0) is 13.7. The zero-order valence-corrected chi connectivity index (χ0v) is 12.1. The molecule has 0 atom stereocenters. The zero-order valence-electron chi connectivity index (χ0n) is 11.3. The first-order valence-electron chi connectivity index (χ1n) is 6.23. The van der Waals surface area contributed by atoms with Crippen molar-refractivity contribution in [3.8, 4) is 0 Å². The molecule has 0 heterocycles. The lowest BCUT2D eigenvalue weighted by atomic mass is 10.1. The molecule has 0 amide bonds. The lowest BCUT2D eigenvalue weighted by molar-refractivity contribution is 1.31. The SMILES string of the molecule is Cc1cccc(N=C(N)SCc2ccccc2C)c1. The van der Waals surface area contributed by atoms with Crippen LogP contribution in [0, 0.1) is 13.8 Å². The molecule has 2 N–H and O–H groups in total. The van der Waals surface area contributed by atoms with Crippen molar-refractivity contribution in [3.05, 3.63) is 65.2 Å². The Morgan fingerprint density at radius 1 is 1.11 bits per heavy atom. The van der Waals surface area contributed by atoms with E-state index in [1.807, 2.05) is 24.3 Å². The highest BCUT2D eigenvalue weighted by atomic mass is 32.2. The summed E-state index contributed by atoms with van der Waals surface area (Å²) in [5.74, 6) is 0.855. The molecule has 98 valence electrons. The maximum atomic E-state index is 5.97. The second-order valence-corrected chi connectivity index (χ2v) is 5.50. The third kappa shape index (κ3) is 4.14. The number of aliphatic imine (C=N–C) groups is 1. The first-order valence-corrected chi connectivity index (χ1v) is 7.22. The standard InChI is InChI=1S/C16H18N2S/c1-12-6-5-9-15(10-12)18-16(17)19-11-14-8-4-3-7-13(14)2/h3-10H,11H2,1-2H3,(H2,17,18). The minimum absolute atomic E-state index is 0.605. The van der Waals surface area contributed by atoms with Gasteiger partial charge in [0.15, 0.2) is 5.17 Å². The fraction of sp³-hybridized carbons (Fsp3) is 0.188. The molecular formula is C16H18N2S. The van der Waals surface area contributed by atoms with Gasteiger partial charge >= 0.3 is 0 Å². The molecule has 2 nitrogen and oxygen atoms in total. The van der Waals surface area contributed by atoms with E-state index in [1.165, 1.54) is 16.7 Å². The number of amidine groups is 1. The summed E-state index contributed by atoms with van der Waals surface area (Å²) in [5.41, 5.74) is 10.7. The van der Waals surface area contributed by atoms with Crippen molar-refractivity contribution in [1.82, 2.24) is 0 Å². The van der Waals surface area contributed by atoms with E-state index in [-0.39, 0.29) is 0 Å². The van der Waals surface area contributed by atoms with Gasteiger partial charge in [-0.1, -0.05) is 48.2 Å². The van der Waals surface area contributed by atoms with Crippen LogP contribution in [-0.4, -0.2) is 5.17 Å². The molecule has 0 saturated carbocycles. The van der Waals surface area contributed by atoms with Crippen molar-refractivity contribution in [1.29, 1.82) is 0 Å². The highest BCUT2D eigenvalue weighted by molar-refractivity contribution is 8.13. The number of benzene rings is 2. The first kappa shape index (κ1) is 13.7. The average molecular weight is 270 g/mol. The van der Waals surface area contributed by atoms with Crippen LogP contribution in [0.1, 0.15) is 16.7 Å². The van der Waals surface area contributed by atoms with Crippen molar-refractivity contribution in [2.75, 3.05) is 0 Å². The maximum absolute atomic E-state index is 5.97. The van der Waals surface area contributed by atoms with Crippen LogP contribution in [0.2, 0.25) is 0 Å². The van der Waals surface area contributed by atoms with Gasteiger partial charge < -0.3 is 5.73 Å². The molecule has 0 aliphatic rings. The van der Waals surface area contributed by atoms with Crippen LogP contribution < -0.4 is 5.73 Å². The molecule has 0 saturated heterocycles. The number of thioether (sulfide) groups is 1. The molecule has 0 aliphatic carbocycles. The van der Waals surface area contributed by atoms with E-state index in [0.29, 0.717) is 5.17 Å². The second kappa shape index (κ2) is 6.43. The predicted molar refractivity (Wildman–Crippen MR) is 84.9 cm³/mol. The lowest BCUT2D eigenvalue weighted by Crippen LogP contribution is -2.06. The Hall–Kier alpha value is -1.74. The Morgan fingerprint density at radius 2 is 1.89 bits per heavy atom. The molecule has 0 unspecified atom stereocenters. The summed E-state index contributed by atoms with van der Waals surface area (Å²) < 4.78 is 0. The highest BCUT2D eigenvalue weighted by Crippen LogP contribution is 2.19. The van der Waals surface area contributed by atoms with Gasteiger partial charge in [-0.3, -0.25) is 0 Å². The van der Waals surface area contributed by atoms with Crippen LogP contribution in [0.25, 0.3) is 0 Å². The monoisotopic (exact) mass is 270 g/mol. The molecule has 2 aromatic rings. The van der Waals surface area contributed by atoms with E-state index >= 15 is 0 Å². The Balaban J connectivity index is 2.02. The number of nitrogens with zero attached hydrogens (tertiary/aromatic N) is 1. The summed E-state index contributed by atoms with van der Waals surface area (Å²) in [6, 6.07) is 16.4. The second-order valence-electron chi connectivity index (χ2n) is 4.50. The fourth-order valence-electron chi connectivity index (χ4n) is 1.78. The highest BCUT2D eigenvalue weighted by Gasteiger charge is 2.00. The van der Waals surface area contributed by atoms with Crippen molar-refractivity contribution in [3.63, 3.8) is 0 Å². The molecule has 0 radical (unpaired) electrons. The summed E-state index contributed by atoms with van der Waals surface area (Å²) >= 11 is 1.57. The van der Waals surface area contributed by atoms with Gasteiger partial charge in [-0.05, 0) is 42.7 Å². The third-order valence-corrected chi connectivity index (χ3v) is 3.72. The minimum Gasteiger partial charge on any atom is -0.378 e. The Labute approximate surface area is 118 Å². The summed E-state index contributed by atoms with van der Waals surface area (Å²) in [5, 5.41) is 0.605. The quantitative estimate of drug-likeness (QED) is 0.671. The minimum atomic E-state index is 0.605. The molecule has 3 heteroatoms. The Kier molecular flexibility index (Phi) is 4.63. The van der Waals surface area contributed by atoms with E-state index in [4.69, 9.17) is 5.73 Å². The molecule has 0 fully saturated rings. The van der Waals surface area contributed by atoms with Gasteiger partial charge in [-0.15, -0.1) is 0 Å². The number of aryl methyl sites for hydroxylation is 2. The molecule has 2 aromatic carbocycles. The smallest absolute Gasteiger partial charge is 0.159 e. The molecule has 19 heavy (non-hydrogen) atoms. The average Bonchev–Trinajstić information content (AvgIpc) is 2.38. The number of rotatable bonds is 3. The van der Waals surface area contributed by atoms with Gasteiger partial charge in [0.2, 0.25) is 0 Å². The normalized spacial score (nSPS) is 11.6. The number of nitrogens with two attached hydrogens (primary N) is 1. The van der Waals surface area contributed by atoms with Crippen LogP contribution in [0.4, 0.5) is 5.69 Å². The largest absolute Gasteiger partial charge is 0.378 e. The van der Waals surface area contributed by atoms with Gasteiger partial charge in [0, 0.05) is 5.75 Å². The van der Waals surface area contributed by atoms with E-state index < -0.39 is 0 Å². The van der Waals surface area contributed by atoms with Crippen LogP contribution in [0.5, 0.6) is 0 Å². The number of hydrogen-bond donors (Lipinski definition) is 1. The van der Waals surface area contributed by atoms with Crippen molar-refractivity contribution in [2.45, 2.75) is 19.6 Å².